The minimum atomic E-state index is -1.84. The molecule has 0 heterocycles. The van der Waals surface area contributed by atoms with E-state index in [1.807, 2.05) is 25.1 Å². The second kappa shape index (κ2) is 9.46. The van der Waals surface area contributed by atoms with Gasteiger partial charge in [-0.2, -0.15) is 0 Å². The van der Waals surface area contributed by atoms with Crippen LogP contribution in [-0.4, -0.2) is 28.1 Å². The molecule has 0 unspecified atom stereocenters. The van der Waals surface area contributed by atoms with Gasteiger partial charge in [0.25, 0.3) is 5.91 Å². The fourth-order valence-corrected chi connectivity index (χ4v) is 2.79. The van der Waals surface area contributed by atoms with E-state index in [-0.39, 0.29) is 5.11 Å². The van der Waals surface area contributed by atoms with Gasteiger partial charge in [-0.15, -0.1) is 0 Å². The summed E-state index contributed by atoms with van der Waals surface area (Å²) >= 11 is 23.3. The van der Waals surface area contributed by atoms with Gasteiger partial charge in [0, 0.05) is 5.56 Å². The quantitative estimate of drug-likeness (QED) is 0.361. The maximum Gasteiger partial charge on any atom is 0.252 e. The normalized spacial score (nSPS) is 12.0. The first-order chi connectivity index (χ1) is 12.7. The summed E-state index contributed by atoms with van der Waals surface area (Å²) in [5, 5.41) is 8.56. The minimum absolute atomic E-state index is 0.153. The maximum atomic E-state index is 12.5. The van der Waals surface area contributed by atoms with Crippen LogP contribution in [0.25, 0.3) is 0 Å². The predicted molar refractivity (Wildman–Crippen MR) is 115 cm³/mol. The van der Waals surface area contributed by atoms with Crippen molar-refractivity contribution in [3.05, 3.63) is 59.7 Å². The molecule has 2 rings (SSSR count). The number of hydrogen-bond donors (Lipinski definition) is 3. The number of alkyl halides is 3. The Hall–Kier alpha value is -1.73. The number of carbonyl (C=O) groups is 1. The van der Waals surface area contributed by atoms with E-state index in [0.29, 0.717) is 17.0 Å². The summed E-state index contributed by atoms with van der Waals surface area (Å²) in [6, 6.07) is 14.3. The SMILES string of the molecule is COc1ccccc1NC(=S)N[C@H](NC(=O)c1cccc(C)c1)C(Cl)(Cl)Cl. The number of hydrogen-bond acceptors (Lipinski definition) is 3. The maximum absolute atomic E-state index is 12.5. The number of aryl methyl sites for hydroxylation is 1. The molecule has 2 aromatic rings. The van der Waals surface area contributed by atoms with Gasteiger partial charge in [0.1, 0.15) is 11.9 Å². The van der Waals surface area contributed by atoms with Crippen molar-refractivity contribution >= 4 is 63.7 Å². The smallest absolute Gasteiger partial charge is 0.252 e. The van der Waals surface area contributed by atoms with Crippen LogP contribution in [0, 0.1) is 6.92 Å². The molecule has 0 fully saturated rings. The van der Waals surface area contributed by atoms with Crippen LogP contribution in [0.2, 0.25) is 0 Å². The Morgan fingerprint density at radius 2 is 1.81 bits per heavy atom. The number of anilines is 1. The third kappa shape index (κ3) is 6.43. The molecule has 1 atom stereocenters. The van der Waals surface area contributed by atoms with E-state index in [1.165, 1.54) is 0 Å². The molecule has 0 aliphatic rings. The van der Waals surface area contributed by atoms with Gasteiger partial charge in [0.2, 0.25) is 3.79 Å². The number of halogens is 3. The summed E-state index contributed by atoms with van der Waals surface area (Å²) in [5.74, 6) is 0.193. The summed E-state index contributed by atoms with van der Waals surface area (Å²) in [7, 11) is 1.54. The average molecular weight is 447 g/mol. The second-order valence-corrected chi connectivity index (χ2v) is 8.39. The van der Waals surface area contributed by atoms with Gasteiger partial charge >= 0.3 is 0 Å². The van der Waals surface area contributed by atoms with Crippen molar-refractivity contribution in [2.75, 3.05) is 12.4 Å². The number of ether oxygens (including phenoxy) is 1. The lowest BCUT2D eigenvalue weighted by atomic mass is 10.1. The Balaban J connectivity index is 2.10. The topological polar surface area (TPSA) is 62.4 Å². The van der Waals surface area contributed by atoms with Crippen LogP contribution < -0.4 is 20.7 Å². The standard InChI is InChI=1S/C18H18Cl3N3O2S/c1-11-6-5-7-12(10-11)15(25)23-16(18(19,20)21)24-17(27)22-13-8-3-4-9-14(13)26-2/h3-10,16H,1-2H3,(H,23,25)(H2,22,24,27)/t16-/m0/s1. The van der Waals surface area contributed by atoms with Crippen LogP contribution in [-0.2, 0) is 0 Å². The highest BCUT2D eigenvalue weighted by molar-refractivity contribution is 7.80. The molecular formula is C18H18Cl3N3O2S. The summed E-state index contributed by atoms with van der Waals surface area (Å²) in [6.07, 6.45) is -1.06. The van der Waals surface area contributed by atoms with Crippen molar-refractivity contribution in [1.82, 2.24) is 10.6 Å². The predicted octanol–water partition coefficient (Wildman–Crippen LogP) is 4.42. The average Bonchev–Trinajstić information content (AvgIpc) is 2.60. The molecule has 9 heteroatoms. The molecular weight excluding hydrogens is 429 g/mol. The van der Waals surface area contributed by atoms with E-state index in [9.17, 15) is 4.79 Å². The molecule has 27 heavy (non-hydrogen) atoms. The number of amides is 1. The van der Waals surface area contributed by atoms with E-state index in [1.54, 1.807) is 37.4 Å². The van der Waals surface area contributed by atoms with E-state index in [4.69, 9.17) is 51.8 Å². The van der Waals surface area contributed by atoms with Crippen molar-refractivity contribution in [1.29, 1.82) is 0 Å². The largest absolute Gasteiger partial charge is 0.495 e. The third-order valence-electron chi connectivity index (χ3n) is 3.51. The van der Waals surface area contributed by atoms with Gasteiger partial charge in [-0.3, -0.25) is 4.79 Å². The summed E-state index contributed by atoms with van der Waals surface area (Å²) < 4.78 is 3.41. The lowest BCUT2D eigenvalue weighted by molar-refractivity contribution is 0.0934. The lowest BCUT2D eigenvalue weighted by Crippen LogP contribution is -2.56. The van der Waals surface area contributed by atoms with E-state index < -0.39 is 15.9 Å². The van der Waals surface area contributed by atoms with E-state index in [0.717, 1.165) is 5.56 Å². The van der Waals surface area contributed by atoms with Crippen LogP contribution in [0.5, 0.6) is 5.75 Å². The zero-order valence-corrected chi connectivity index (χ0v) is 17.6. The van der Waals surface area contributed by atoms with Crippen molar-refractivity contribution in [3.8, 4) is 5.75 Å². The molecule has 1 amide bonds. The van der Waals surface area contributed by atoms with Crippen molar-refractivity contribution < 1.29 is 9.53 Å². The summed E-state index contributed by atoms with van der Waals surface area (Å²) in [6.45, 7) is 1.88. The lowest BCUT2D eigenvalue weighted by Gasteiger charge is -2.28. The van der Waals surface area contributed by atoms with E-state index >= 15 is 0 Å². The number of carbonyl (C=O) groups excluding carboxylic acids is 1. The Morgan fingerprint density at radius 3 is 2.44 bits per heavy atom. The van der Waals surface area contributed by atoms with Crippen molar-refractivity contribution in [2.45, 2.75) is 16.9 Å². The fraction of sp³-hybridized carbons (Fsp3) is 0.222. The summed E-state index contributed by atoms with van der Waals surface area (Å²) in [4.78, 5) is 12.5. The number of methoxy groups -OCH3 is 1. The van der Waals surface area contributed by atoms with Gasteiger partial charge in [-0.05, 0) is 43.4 Å². The number of rotatable bonds is 5. The Kier molecular flexibility index (Phi) is 7.56. The highest BCUT2D eigenvalue weighted by Crippen LogP contribution is 2.30. The molecule has 0 bridgehead atoms. The zero-order valence-electron chi connectivity index (χ0n) is 14.6. The Bertz CT molecular complexity index is 827. The van der Waals surface area contributed by atoms with Crippen LogP contribution in [0.15, 0.2) is 48.5 Å². The number of thiocarbonyl (C=S) groups is 1. The molecule has 2 aromatic carbocycles. The highest BCUT2D eigenvalue weighted by Gasteiger charge is 2.35. The molecule has 3 N–H and O–H groups in total. The Labute approximate surface area is 178 Å². The number of nitrogens with one attached hydrogen (secondary N) is 3. The Morgan fingerprint density at radius 1 is 1.11 bits per heavy atom. The molecule has 0 radical (unpaired) electrons. The molecule has 0 aliphatic heterocycles. The van der Waals surface area contributed by atoms with Crippen LogP contribution in [0.3, 0.4) is 0 Å². The van der Waals surface area contributed by atoms with Gasteiger partial charge in [-0.1, -0.05) is 64.6 Å². The summed E-state index contributed by atoms with van der Waals surface area (Å²) in [5.41, 5.74) is 2.01. The van der Waals surface area contributed by atoms with Gasteiger partial charge < -0.3 is 20.7 Å². The van der Waals surface area contributed by atoms with Gasteiger partial charge in [0.05, 0.1) is 12.8 Å². The van der Waals surface area contributed by atoms with Crippen LogP contribution >= 0.6 is 47.0 Å². The fourth-order valence-electron chi connectivity index (χ4n) is 2.24. The first-order valence-electron chi connectivity index (χ1n) is 7.85. The van der Waals surface area contributed by atoms with E-state index in [2.05, 4.69) is 16.0 Å². The first kappa shape index (κ1) is 21.6. The molecule has 0 aliphatic carbocycles. The zero-order chi connectivity index (χ0) is 20.0. The number of para-hydroxylation sites is 2. The highest BCUT2D eigenvalue weighted by atomic mass is 35.6. The molecule has 0 aromatic heterocycles. The van der Waals surface area contributed by atoms with Gasteiger partial charge in [0.15, 0.2) is 5.11 Å². The van der Waals surface area contributed by atoms with Crippen LogP contribution in [0.1, 0.15) is 15.9 Å². The monoisotopic (exact) mass is 445 g/mol. The molecule has 0 spiro atoms. The minimum Gasteiger partial charge on any atom is -0.495 e. The molecule has 144 valence electrons. The molecule has 5 nitrogen and oxygen atoms in total. The second-order valence-electron chi connectivity index (χ2n) is 5.62. The third-order valence-corrected chi connectivity index (χ3v) is 4.39. The van der Waals surface area contributed by atoms with Gasteiger partial charge in [-0.25, -0.2) is 0 Å². The van der Waals surface area contributed by atoms with Crippen molar-refractivity contribution in [2.24, 2.45) is 0 Å². The van der Waals surface area contributed by atoms with Crippen molar-refractivity contribution in [3.63, 3.8) is 0 Å². The molecule has 0 saturated carbocycles. The number of benzene rings is 2. The first-order valence-corrected chi connectivity index (χ1v) is 9.39. The van der Waals surface area contributed by atoms with Crippen LogP contribution in [0.4, 0.5) is 5.69 Å². The molecule has 0 saturated heterocycles.